The van der Waals surface area contributed by atoms with Crippen molar-refractivity contribution in [2.75, 3.05) is 13.1 Å². The Kier molecular flexibility index (Phi) is 2.80. The van der Waals surface area contributed by atoms with E-state index in [0.717, 1.165) is 12.6 Å². The van der Waals surface area contributed by atoms with Gasteiger partial charge in [0.1, 0.15) is 5.75 Å². The summed E-state index contributed by atoms with van der Waals surface area (Å²) in [6, 6.07) is 3.48. The van der Waals surface area contributed by atoms with Gasteiger partial charge in [0.2, 0.25) is 0 Å². The number of hydrogen-bond acceptors (Lipinski definition) is 2. The van der Waals surface area contributed by atoms with Gasteiger partial charge in [-0.2, -0.15) is 13.2 Å². The highest BCUT2D eigenvalue weighted by molar-refractivity contribution is 5.39. The molecule has 1 atom stereocenters. The fourth-order valence-electron chi connectivity index (χ4n) is 2.07. The van der Waals surface area contributed by atoms with Crippen molar-refractivity contribution in [3.63, 3.8) is 0 Å². The number of hydrogen-bond donors (Lipinski definition) is 2. The van der Waals surface area contributed by atoms with E-state index in [1.165, 1.54) is 12.1 Å². The van der Waals surface area contributed by atoms with Crippen molar-refractivity contribution < 1.29 is 18.3 Å². The van der Waals surface area contributed by atoms with Crippen LogP contribution >= 0.6 is 0 Å². The van der Waals surface area contributed by atoms with Crippen LogP contribution in [0.5, 0.6) is 5.75 Å². The molecule has 16 heavy (non-hydrogen) atoms. The highest BCUT2D eigenvalue weighted by Gasteiger charge is 2.36. The van der Waals surface area contributed by atoms with E-state index in [-0.39, 0.29) is 17.2 Å². The Morgan fingerprint density at radius 2 is 2.06 bits per heavy atom. The van der Waals surface area contributed by atoms with Gasteiger partial charge in [0.05, 0.1) is 5.56 Å². The van der Waals surface area contributed by atoms with Gasteiger partial charge >= 0.3 is 6.18 Å². The maximum Gasteiger partial charge on any atom is 0.416 e. The first-order valence-electron chi connectivity index (χ1n) is 5.09. The molecule has 0 amide bonds. The van der Waals surface area contributed by atoms with Gasteiger partial charge in [-0.3, -0.25) is 0 Å². The van der Waals surface area contributed by atoms with Gasteiger partial charge in [-0.15, -0.1) is 0 Å². The van der Waals surface area contributed by atoms with Crippen LogP contribution in [-0.4, -0.2) is 18.2 Å². The molecule has 2 N–H and O–H groups in total. The van der Waals surface area contributed by atoms with Crippen LogP contribution in [0.3, 0.4) is 0 Å². The molecular formula is C11H12F3NO. The number of nitrogens with one attached hydrogen (secondary N) is 1. The predicted octanol–water partition coefficient (Wildman–Crippen LogP) is 2.49. The molecule has 1 aliphatic rings. The Morgan fingerprint density at radius 3 is 2.62 bits per heavy atom. The van der Waals surface area contributed by atoms with Crippen LogP contribution in [0.25, 0.3) is 0 Å². The monoisotopic (exact) mass is 231 g/mol. The lowest BCUT2D eigenvalue weighted by Crippen LogP contribution is -2.14. The zero-order valence-corrected chi connectivity index (χ0v) is 8.51. The van der Waals surface area contributed by atoms with Gasteiger partial charge in [0.25, 0.3) is 0 Å². The minimum Gasteiger partial charge on any atom is -0.508 e. The van der Waals surface area contributed by atoms with Gasteiger partial charge in [-0.05, 0) is 36.6 Å². The average molecular weight is 231 g/mol. The first-order chi connectivity index (χ1) is 7.48. The number of benzene rings is 1. The molecule has 0 bridgehead atoms. The van der Waals surface area contributed by atoms with E-state index in [1.807, 2.05) is 0 Å². The summed E-state index contributed by atoms with van der Waals surface area (Å²) in [5, 5.41) is 12.2. The van der Waals surface area contributed by atoms with Gasteiger partial charge < -0.3 is 10.4 Å². The van der Waals surface area contributed by atoms with Gasteiger partial charge in [0.15, 0.2) is 0 Å². The van der Waals surface area contributed by atoms with E-state index in [0.29, 0.717) is 13.0 Å². The molecule has 1 aliphatic heterocycles. The van der Waals surface area contributed by atoms with Crippen LogP contribution in [-0.2, 0) is 6.18 Å². The predicted molar refractivity (Wildman–Crippen MR) is 53.3 cm³/mol. The number of alkyl halides is 3. The Hall–Kier alpha value is -1.23. The highest BCUT2D eigenvalue weighted by atomic mass is 19.4. The van der Waals surface area contributed by atoms with Gasteiger partial charge in [-0.1, -0.05) is 6.07 Å². The van der Waals surface area contributed by atoms with Crippen LogP contribution < -0.4 is 5.32 Å². The molecule has 1 saturated heterocycles. The minimum atomic E-state index is -4.41. The smallest absolute Gasteiger partial charge is 0.416 e. The zero-order chi connectivity index (χ0) is 11.8. The Bertz CT molecular complexity index is 383. The molecule has 1 unspecified atom stereocenters. The first-order valence-corrected chi connectivity index (χ1v) is 5.09. The summed E-state index contributed by atoms with van der Waals surface area (Å²) in [5.41, 5.74) is -0.448. The number of halogens is 3. The van der Waals surface area contributed by atoms with Gasteiger partial charge in [-0.25, -0.2) is 0 Å². The molecule has 0 radical (unpaired) electrons. The summed E-state index contributed by atoms with van der Waals surface area (Å²) in [6.07, 6.45) is -3.70. The van der Waals surface area contributed by atoms with Crippen molar-refractivity contribution in [1.29, 1.82) is 0 Å². The second kappa shape index (κ2) is 3.97. The second-order valence-corrected chi connectivity index (χ2v) is 3.96. The first kappa shape index (κ1) is 11.3. The van der Waals surface area contributed by atoms with Crippen LogP contribution in [0.1, 0.15) is 23.5 Å². The molecule has 2 nitrogen and oxygen atoms in total. The molecule has 1 fully saturated rings. The number of rotatable bonds is 1. The highest BCUT2D eigenvalue weighted by Crippen LogP contribution is 2.38. The second-order valence-electron chi connectivity index (χ2n) is 3.96. The maximum absolute atomic E-state index is 12.8. The van der Waals surface area contributed by atoms with E-state index in [4.69, 9.17) is 5.11 Å². The van der Waals surface area contributed by atoms with E-state index in [1.54, 1.807) is 0 Å². The lowest BCUT2D eigenvalue weighted by Gasteiger charge is -2.17. The Labute approximate surface area is 91.1 Å². The SMILES string of the molecule is Oc1ccc(C2CCNC2)c(C(F)(F)F)c1. The van der Waals surface area contributed by atoms with Crippen LogP contribution in [0.15, 0.2) is 18.2 Å². The molecule has 0 aliphatic carbocycles. The largest absolute Gasteiger partial charge is 0.508 e. The van der Waals surface area contributed by atoms with E-state index < -0.39 is 11.7 Å². The quantitative estimate of drug-likeness (QED) is 0.778. The van der Waals surface area contributed by atoms with Crippen LogP contribution in [0, 0.1) is 0 Å². The summed E-state index contributed by atoms with van der Waals surface area (Å²) in [4.78, 5) is 0. The third kappa shape index (κ3) is 2.14. The molecule has 5 heteroatoms. The summed E-state index contributed by atoms with van der Waals surface area (Å²) >= 11 is 0. The van der Waals surface area contributed by atoms with E-state index >= 15 is 0 Å². The molecule has 1 aromatic carbocycles. The van der Waals surface area contributed by atoms with Crippen molar-refractivity contribution in [1.82, 2.24) is 5.32 Å². The zero-order valence-electron chi connectivity index (χ0n) is 8.51. The molecule has 1 heterocycles. The normalized spacial score (nSPS) is 21.3. The summed E-state index contributed by atoms with van der Waals surface area (Å²) in [7, 11) is 0. The molecule has 88 valence electrons. The molecule has 1 aromatic rings. The Balaban J connectivity index is 2.43. The fourth-order valence-corrected chi connectivity index (χ4v) is 2.07. The topological polar surface area (TPSA) is 32.3 Å². The van der Waals surface area contributed by atoms with Crippen molar-refractivity contribution in [2.24, 2.45) is 0 Å². The lowest BCUT2D eigenvalue weighted by atomic mass is 9.93. The standard InChI is InChI=1S/C11H12F3NO/c12-11(13,14)10-5-8(16)1-2-9(10)7-3-4-15-6-7/h1-2,5,7,15-16H,3-4,6H2. The van der Waals surface area contributed by atoms with E-state index in [2.05, 4.69) is 5.32 Å². The lowest BCUT2D eigenvalue weighted by molar-refractivity contribution is -0.138. The number of aromatic hydroxyl groups is 1. The van der Waals surface area contributed by atoms with Gasteiger partial charge in [0, 0.05) is 6.54 Å². The summed E-state index contributed by atoms with van der Waals surface area (Å²) in [6.45, 7) is 1.30. The molecule has 0 saturated carbocycles. The molecular weight excluding hydrogens is 219 g/mol. The van der Waals surface area contributed by atoms with Crippen molar-refractivity contribution in [2.45, 2.75) is 18.5 Å². The molecule has 0 aromatic heterocycles. The molecule has 0 spiro atoms. The van der Waals surface area contributed by atoms with Crippen LogP contribution in [0.4, 0.5) is 13.2 Å². The van der Waals surface area contributed by atoms with Crippen molar-refractivity contribution in [3.05, 3.63) is 29.3 Å². The Morgan fingerprint density at radius 1 is 1.31 bits per heavy atom. The van der Waals surface area contributed by atoms with Crippen molar-refractivity contribution >= 4 is 0 Å². The maximum atomic E-state index is 12.8. The van der Waals surface area contributed by atoms with Crippen molar-refractivity contribution in [3.8, 4) is 5.75 Å². The average Bonchev–Trinajstić information content (AvgIpc) is 2.69. The third-order valence-electron chi connectivity index (χ3n) is 2.84. The third-order valence-corrected chi connectivity index (χ3v) is 2.84. The minimum absolute atomic E-state index is 0.114. The number of phenolic OH excluding ortho intramolecular Hbond substituents is 1. The molecule has 2 rings (SSSR count). The number of phenols is 1. The fraction of sp³-hybridized carbons (Fsp3) is 0.455. The summed E-state index contributed by atoms with van der Waals surface area (Å²) < 4.78 is 38.3. The summed E-state index contributed by atoms with van der Waals surface area (Å²) in [5.74, 6) is -0.459. The van der Waals surface area contributed by atoms with Crippen LogP contribution in [0.2, 0.25) is 0 Å². The van der Waals surface area contributed by atoms with E-state index in [9.17, 15) is 13.2 Å².